The van der Waals surface area contributed by atoms with Gasteiger partial charge in [0.05, 0.1) is 11.6 Å². The van der Waals surface area contributed by atoms with Crippen LogP contribution in [-0.4, -0.2) is 12.4 Å². The molecule has 1 aromatic carbocycles. The maximum absolute atomic E-state index is 6.06. The van der Waals surface area contributed by atoms with Crippen molar-refractivity contribution in [3.8, 4) is 5.75 Å². The zero-order chi connectivity index (χ0) is 13.9. The van der Waals surface area contributed by atoms with Gasteiger partial charge >= 0.3 is 0 Å². The molecule has 0 aliphatic carbocycles. The molecule has 0 spiro atoms. The van der Waals surface area contributed by atoms with Gasteiger partial charge in [0.2, 0.25) is 0 Å². The van der Waals surface area contributed by atoms with E-state index in [0.717, 1.165) is 29.0 Å². The third-order valence-electron chi connectivity index (χ3n) is 2.95. The molecular formula is C15H22BrClOS. The van der Waals surface area contributed by atoms with Crippen molar-refractivity contribution in [3.63, 3.8) is 0 Å². The van der Waals surface area contributed by atoms with E-state index in [0.29, 0.717) is 5.02 Å². The molecule has 1 rings (SSSR count). The second kappa shape index (κ2) is 10.9. The highest BCUT2D eigenvalue weighted by Gasteiger charge is 2.01. The summed E-state index contributed by atoms with van der Waals surface area (Å²) < 4.78 is 6.69. The normalized spacial score (nSPS) is 10.7. The van der Waals surface area contributed by atoms with Crippen LogP contribution in [0.4, 0.5) is 0 Å². The van der Waals surface area contributed by atoms with Crippen LogP contribution < -0.4 is 4.74 Å². The van der Waals surface area contributed by atoms with Gasteiger partial charge in [-0.2, -0.15) is 12.6 Å². The summed E-state index contributed by atoms with van der Waals surface area (Å²) in [5.41, 5.74) is 0. The van der Waals surface area contributed by atoms with Crippen molar-refractivity contribution < 1.29 is 4.74 Å². The first-order valence-electron chi connectivity index (χ1n) is 6.93. The predicted molar refractivity (Wildman–Crippen MR) is 90.8 cm³/mol. The van der Waals surface area contributed by atoms with Gasteiger partial charge in [0, 0.05) is 4.47 Å². The SMILES string of the molecule is SCCCCCCCCCOc1cc(Br)ccc1Cl. The van der Waals surface area contributed by atoms with Gasteiger partial charge in [-0.3, -0.25) is 0 Å². The summed E-state index contributed by atoms with van der Waals surface area (Å²) in [6, 6.07) is 5.68. The molecule has 0 heterocycles. The molecule has 1 nitrogen and oxygen atoms in total. The summed E-state index contributed by atoms with van der Waals surface area (Å²) >= 11 is 13.7. The van der Waals surface area contributed by atoms with Gasteiger partial charge in [0.25, 0.3) is 0 Å². The highest BCUT2D eigenvalue weighted by atomic mass is 79.9. The van der Waals surface area contributed by atoms with Crippen molar-refractivity contribution in [2.45, 2.75) is 44.9 Å². The van der Waals surface area contributed by atoms with Gasteiger partial charge in [0.1, 0.15) is 5.75 Å². The summed E-state index contributed by atoms with van der Waals surface area (Å²) in [4.78, 5) is 0. The van der Waals surface area contributed by atoms with E-state index in [1.54, 1.807) is 0 Å². The molecule has 0 N–H and O–H groups in total. The average molecular weight is 366 g/mol. The Hall–Kier alpha value is 0.140. The zero-order valence-corrected chi connectivity index (χ0v) is 14.4. The van der Waals surface area contributed by atoms with Crippen molar-refractivity contribution in [3.05, 3.63) is 27.7 Å². The van der Waals surface area contributed by atoms with Crippen LogP contribution in [0.25, 0.3) is 0 Å². The van der Waals surface area contributed by atoms with Crippen LogP contribution in [0.15, 0.2) is 22.7 Å². The summed E-state index contributed by atoms with van der Waals surface area (Å²) in [6.07, 6.45) is 8.83. The number of thiol groups is 1. The number of halogens is 2. The van der Waals surface area contributed by atoms with E-state index in [1.807, 2.05) is 18.2 Å². The van der Waals surface area contributed by atoms with Gasteiger partial charge in [0.15, 0.2) is 0 Å². The molecule has 0 amide bonds. The Kier molecular flexibility index (Phi) is 9.84. The fourth-order valence-corrected chi connectivity index (χ4v) is 2.60. The first-order chi connectivity index (χ1) is 9.24. The highest BCUT2D eigenvalue weighted by Crippen LogP contribution is 2.28. The van der Waals surface area contributed by atoms with Gasteiger partial charge in [-0.05, 0) is 36.8 Å². The number of rotatable bonds is 10. The van der Waals surface area contributed by atoms with Crippen LogP contribution in [0, 0.1) is 0 Å². The van der Waals surface area contributed by atoms with Gasteiger partial charge in [-0.1, -0.05) is 59.6 Å². The van der Waals surface area contributed by atoms with Crippen LogP contribution in [0.3, 0.4) is 0 Å². The minimum Gasteiger partial charge on any atom is -0.492 e. The zero-order valence-electron chi connectivity index (χ0n) is 11.2. The number of ether oxygens (including phenoxy) is 1. The third kappa shape index (κ3) is 8.11. The fourth-order valence-electron chi connectivity index (χ4n) is 1.87. The Morgan fingerprint density at radius 3 is 2.32 bits per heavy atom. The number of hydrogen-bond donors (Lipinski definition) is 1. The van der Waals surface area contributed by atoms with Gasteiger partial charge in [-0.15, -0.1) is 0 Å². The van der Waals surface area contributed by atoms with E-state index in [2.05, 4.69) is 28.6 Å². The molecule has 0 saturated heterocycles. The van der Waals surface area contributed by atoms with Gasteiger partial charge < -0.3 is 4.74 Å². The minimum absolute atomic E-state index is 0.676. The molecule has 0 radical (unpaired) electrons. The molecule has 0 aliphatic heterocycles. The van der Waals surface area contributed by atoms with Crippen LogP contribution in [0.5, 0.6) is 5.75 Å². The average Bonchev–Trinajstić information content (AvgIpc) is 2.40. The molecule has 0 unspecified atom stereocenters. The molecule has 0 aliphatic rings. The maximum atomic E-state index is 6.06. The second-order valence-electron chi connectivity index (χ2n) is 4.62. The molecule has 19 heavy (non-hydrogen) atoms. The molecule has 0 aromatic heterocycles. The molecule has 0 fully saturated rings. The summed E-state index contributed by atoms with van der Waals surface area (Å²) in [6.45, 7) is 0.743. The quantitative estimate of drug-likeness (QED) is 0.387. The lowest BCUT2D eigenvalue weighted by atomic mass is 10.1. The Morgan fingerprint density at radius 1 is 1.00 bits per heavy atom. The summed E-state index contributed by atoms with van der Waals surface area (Å²) in [5, 5.41) is 0.676. The number of hydrogen-bond acceptors (Lipinski definition) is 2. The smallest absolute Gasteiger partial charge is 0.139 e. The van der Waals surface area contributed by atoms with Crippen LogP contribution in [-0.2, 0) is 0 Å². The van der Waals surface area contributed by atoms with Crippen LogP contribution >= 0.6 is 40.2 Å². The fraction of sp³-hybridized carbons (Fsp3) is 0.600. The Morgan fingerprint density at radius 2 is 1.63 bits per heavy atom. The Labute approximate surface area is 135 Å². The van der Waals surface area contributed by atoms with E-state index in [1.165, 1.54) is 38.5 Å². The van der Waals surface area contributed by atoms with Crippen LogP contribution in [0.2, 0.25) is 5.02 Å². The third-order valence-corrected chi connectivity index (χ3v) is 4.07. The largest absolute Gasteiger partial charge is 0.492 e. The van der Waals surface area contributed by atoms with Crippen LogP contribution in [0.1, 0.15) is 44.9 Å². The molecule has 1 aromatic rings. The lowest BCUT2D eigenvalue weighted by Crippen LogP contribution is -1.97. The van der Waals surface area contributed by atoms with Crippen molar-refractivity contribution in [2.75, 3.05) is 12.4 Å². The standard InChI is InChI=1S/C15H22BrClOS/c16-13-8-9-14(17)15(12-13)18-10-6-4-2-1-3-5-7-11-19/h8-9,12,19H,1-7,10-11H2. The van der Waals surface area contributed by atoms with Crippen molar-refractivity contribution in [1.82, 2.24) is 0 Å². The molecule has 4 heteroatoms. The van der Waals surface area contributed by atoms with Crippen molar-refractivity contribution in [1.29, 1.82) is 0 Å². The number of benzene rings is 1. The molecule has 0 saturated carbocycles. The van der Waals surface area contributed by atoms with Gasteiger partial charge in [-0.25, -0.2) is 0 Å². The van der Waals surface area contributed by atoms with E-state index < -0.39 is 0 Å². The molecule has 108 valence electrons. The highest BCUT2D eigenvalue weighted by molar-refractivity contribution is 9.10. The molecule has 0 bridgehead atoms. The topological polar surface area (TPSA) is 9.23 Å². The summed E-state index contributed by atoms with van der Waals surface area (Å²) in [5.74, 6) is 1.78. The lowest BCUT2D eigenvalue weighted by Gasteiger charge is -2.08. The summed E-state index contributed by atoms with van der Waals surface area (Å²) in [7, 11) is 0. The Balaban J connectivity index is 2.03. The van der Waals surface area contributed by atoms with E-state index >= 15 is 0 Å². The van der Waals surface area contributed by atoms with E-state index in [-0.39, 0.29) is 0 Å². The minimum atomic E-state index is 0.676. The maximum Gasteiger partial charge on any atom is 0.139 e. The van der Waals surface area contributed by atoms with Crippen molar-refractivity contribution >= 4 is 40.2 Å². The number of unbranched alkanes of at least 4 members (excludes halogenated alkanes) is 6. The van der Waals surface area contributed by atoms with E-state index in [9.17, 15) is 0 Å². The molecule has 0 atom stereocenters. The first-order valence-corrected chi connectivity index (χ1v) is 8.73. The first kappa shape index (κ1) is 17.2. The van der Waals surface area contributed by atoms with E-state index in [4.69, 9.17) is 16.3 Å². The van der Waals surface area contributed by atoms with Crippen molar-refractivity contribution in [2.24, 2.45) is 0 Å². The lowest BCUT2D eigenvalue weighted by molar-refractivity contribution is 0.304. The second-order valence-corrected chi connectivity index (χ2v) is 6.39. The predicted octanol–water partition coefficient (Wildman–Crippen LogP) is 6.14. The molecular weight excluding hydrogens is 344 g/mol. The Bertz CT molecular complexity index is 360. The monoisotopic (exact) mass is 364 g/mol.